The van der Waals surface area contributed by atoms with E-state index in [-0.39, 0.29) is 17.1 Å². The molecule has 2 N–H and O–H groups in total. The number of rotatable bonds is 5. The van der Waals surface area contributed by atoms with Crippen LogP contribution in [0.1, 0.15) is 49.2 Å². The molecule has 0 aliphatic rings. The molecule has 5 heteroatoms. The molecule has 0 aliphatic heterocycles. The molecule has 21 heavy (non-hydrogen) atoms. The van der Waals surface area contributed by atoms with Crippen LogP contribution in [0.3, 0.4) is 0 Å². The predicted molar refractivity (Wildman–Crippen MR) is 82.2 cm³/mol. The van der Waals surface area contributed by atoms with Gasteiger partial charge in [-0.2, -0.15) is 0 Å². The molecule has 112 valence electrons. The zero-order valence-electron chi connectivity index (χ0n) is 12.8. The molecule has 5 nitrogen and oxygen atoms in total. The number of hydrogen-bond acceptors (Lipinski definition) is 3. The average Bonchev–Trinajstić information content (AvgIpc) is 2.94. The topological polar surface area (TPSA) is 70.7 Å². The van der Waals surface area contributed by atoms with Gasteiger partial charge in [0.1, 0.15) is 5.82 Å². The number of carbonyl (C=O) groups is 1. The first-order valence-electron chi connectivity index (χ1n) is 7.22. The van der Waals surface area contributed by atoms with Gasteiger partial charge in [0, 0.05) is 12.0 Å². The number of aromatic amines is 1. The molecule has 1 aromatic heterocycles. The minimum Gasteiger partial charge on any atom is -0.349 e. The Balaban J connectivity index is 1.78. The van der Waals surface area contributed by atoms with Gasteiger partial charge in [-0.25, -0.2) is 4.98 Å². The lowest BCUT2D eigenvalue weighted by Crippen LogP contribution is -2.26. The predicted octanol–water partition coefficient (Wildman–Crippen LogP) is 2.46. The number of hydrogen-bond donors (Lipinski definition) is 2. The van der Waals surface area contributed by atoms with Crippen LogP contribution in [0.2, 0.25) is 0 Å². The normalized spacial score (nSPS) is 11.4. The van der Waals surface area contributed by atoms with Gasteiger partial charge in [0.15, 0.2) is 0 Å². The number of nitrogens with zero attached hydrogens (tertiary/aromatic N) is 2. The van der Waals surface area contributed by atoms with Crippen molar-refractivity contribution in [2.24, 2.45) is 0 Å². The Hall–Kier alpha value is -2.17. The standard InChI is InChI=1S/C16H22N4O/c1-16(2,3)15-18-13(19-20-15)14(21)17-11-7-10-12-8-5-4-6-9-12/h4-6,8-9H,7,10-11H2,1-3H3,(H,17,21)(H,18,19,20). The number of nitrogens with one attached hydrogen (secondary N) is 2. The van der Waals surface area contributed by atoms with Crippen LogP contribution in [0.5, 0.6) is 0 Å². The minimum atomic E-state index is -0.227. The second-order valence-electron chi connectivity index (χ2n) is 6.10. The quantitative estimate of drug-likeness (QED) is 0.829. The Labute approximate surface area is 125 Å². The Morgan fingerprint density at radius 2 is 1.95 bits per heavy atom. The summed E-state index contributed by atoms with van der Waals surface area (Å²) in [5, 5.41) is 9.64. The molecule has 0 fully saturated rings. The molecule has 2 rings (SSSR count). The first-order valence-corrected chi connectivity index (χ1v) is 7.22. The molecular formula is C16H22N4O. The van der Waals surface area contributed by atoms with Crippen molar-refractivity contribution in [2.75, 3.05) is 6.54 Å². The summed E-state index contributed by atoms with van der Waals surface area (Å²) in [5.74, 6) is 0.700. The number of benzene rings is 1. The summed E-state index contributed by atoms with van der Waals surface area (Å²) in [5.41, 5.74) is 1.14. The highest BCUT2D eigenvalue weighted by Crippen LogP contribution is 2.17. The van der Waals surface area contributed by atoms with Gasteiger partial charge in [0.2, 0.25) is 5.82 Å². The van der Waals surface area contributed by atoms with E-state index in [0.717, 1.165) is 18.7 Å². The van der Waals surface area contributed by atoms with Crippen LogP contribution in [-0.4, -0.2) is 27.6 Å². The molecule has 0 unspecified atom stereocenters. The Morgan fingerprint density at radius 3 is 2.57 bits per heavy atom. The molecule has 1 aromatic carbocycles. The molecule has 0 atom stereocenters. The van der Waals surface area contributed by atoms with Gasteiger partial charge in [-0.1, -0.05) is 51.1 Å². The summed E-state index contributed by atoms with van der Waals surface area (Å²) < 4.78 is 0. The second kappa shape index (κ2) is 6.52. The van der Waals surface area contributed by atoms with Gasteiger partial charge in [-0.15, -0.1) is 5.10 Å². The largest absolute Gasteiger partial charge is 0.349 e. The summed E-state index contributed by atoms with van der Waals surface area (Å²) in [6.45, 7) is 6.69. The number of H-pyrrole nitrogens is 1. The van der Waals surface area contributed by atoms with E-state index in [1.165, 1.54) is 5.56 Å². The monoisotopic (exact) mass is 286 g/mol. The molecule has 0 saturated carbocycles. The van der Waals surface area contributed by atoms with Crippen molar-refractivity contribution >= 4 is 5.91 Å². The fourth-order valence-electron chi connectivity index (χ4n) is 1.92. The maximum atomic E-state index is 11.9. The SMILES string of the molecule is CC(C)(C)c1nc(C(=O)NCCCc2ccccc2)n[nH]1. The van der Waals surface area contributed by atoms with E-state index in [9.17, 15) is 4.79 Å². The van der Waals surface area contributed by atoms with E-state index >= 15 is 0 Å². The lowest BCUT2D eigenvalue weighted by Gasteiger charge is -2.12. The first kappa shape index (κ1) is 15.2. The maximum absolute atomic E-state index is 11.9. The Morgan fingerprint density at radius 1 is 1.24 bits per heavy atom. The van der Waals surface area contributed by atoms with Crippen LogP contribution >= 0.6 is 0 Å². The summed E-state index contributed by atoms with van der Waals surface area (Å²) in [6, 6.07) is 10.2. The lowest BCUT2D eigenvalue weighted by molar-refractivity contribution is 0.0943. The summed E-state index contributed by atoms with van der Waals surface area (Å²) in [6.07, 6.45) is 1.84. The highest BCUT2D eigenvalue weighted by molar-refractivity contribution is 5.90. The van der Waals surface area contributed by atoms with Crippen molar-refractivity contribution in [1.82, 2.24) is 20.5 Å². The van der Waals surface area contributed by atoms with Crippen LogP contribution in [0.15, 0.2) is 30.3 Å². The second-order valence-corrected chi connectivity index (χ2v) is 6.10. The molecule has 0 aliphatic carbocycles. The molecular weight excluding hydrogens is 264 g/mol. The molecule has 1 amide bonds. The van der Waals surface area contributed by atoms with Gasteiger partial charge in [-0.05, 0) is 18.4 Å². The number of aryl methyl sites for hydroxylation is 1. The maximum Gasteiger partial charge on any atom is 0.290 e. The van der Waals surface area contributed by atoms with Gasteiger partial charge >= 0.3 is 0 Å². The molecule has 0 spiro atoms. The van der Waals surface area contributed by atoms with Gasteiger partial charge in [0.25, 0.3) is 5.91 Å². The van der Waals surface area contributed by atoms with Crippen LogP contribution in [-0.2, 0) is 11.8 Å². The smallest absolute Gasteiger partial charge is 0.290 e. The summed E-state index contributed by atoms with van der Waals surface area (Å²) >= 11 is 0. The third kappa shape index (κ3) is 4.41. The van der Waals surface area contributed by atoms with E-state index in [2.05, 4.69) is 32.6 Å². The van der Waals surface area contributed by atoms with E-state index in [1.807, 2.05) is 39.0 Å². The molecule has 0 bridgehead atoms. The van der Waals surface area contributed by atoms with E-state index in [1.54, 1.807) is 0 Å². The summed E-state index contributed by atoms with van der Waals surface area (Å²) in [7, 11) is 0. The van der Waals surface area contributed by atoms with Crippen molar-refractivity contribution in [3.05, 3.63) is 47.5 Å². The van der Waals surface area contributed by atoms with Gasteiger partial charge < -0.3 is 5.32 Å². The van der Waals surface area contributed by atoms with E-state index in [0.29, 0.717) is 6.54 Å². The third-order valence-electron chi connectivity index (χ3n) is 3.17. The van der Waals surface area contributed by atoms with Gasteiger partial charge in [-0.3, -0.25) is 9.89 Å². The molecule has 2 aromatic rings. The zero-order chi connectivity index (χ0) is 15.3. The minimum absolute atomic E-state index is 0.140. The van der Waals surface area contributed by atoms with Crippen molar-refractivity contribution < 1.29 is 4.79 Å². The van der Waals surface area contributed by atoms with Gasteiger partial charge in [0.05, 0.1) is 0 Å². The number of carbonyl (C=O) groups excluding carboxylic acids is 1. The van der Waals surface area contributed by atoms with Crippen molar-refractivity contribution in [3.8, 4) is 0 Å². The van der Waals surface area contributed by atoms with E-state index < -0.39 is 0 Å². The third-order valence-corrected chi connectivity index (χ3v) is 3.17. The highest BCUT2D eigenvalue weighted by atomic mass is 16.2. The zero-order valence-corrected chi connectivity index (χ0v) is 12.8. The van der Waals surface area contributed by atoms with Crippen molar-refractivity contribution in [3.63, 3.8) is 0 Å². The average molecular weight is 286 g/mol. The number of aromatic nitrogens is 3. The van der Waals surface area contributed by atoms with Crippen LogP contribution < -0.4 is 5.32 Å². The Kier molecular flexibility index (Phi) is 4.73. The van der Waals surface area contributed by atoms with Crippen LogP contribution in [0, 0.1) is 0 Å². The molecule has 1 heterocycles. The fourth-order valence-corrected chi connectivity index (χ4v) is 1.92. The Bertz CT molecular complexity index is 584. The first-order chi connectivity index (χ1) is 9.97. The molecule has 0 saturated heterocycles. The summed E-state index contributed by atoms with van der Waals surface area (Å²) in [4.78, 5) is 16.2. The number of amides is 1. The van der Waals surface area contributed by atoms with Crippen molar-refractivity contribution in [2.45, 2.75) is 39.0 Å². The molecule has 0 radical (unpaired) electrons. The van der Waals surface area contributed by atoms with Crippen LogP contribution in [0.25, 0.3) is 0 Å². The highest BCUT2D eigenvalue weighted by Gasteiger charge is 2.20. The van der Waals surface area contributed by atoms with E-state index in [4.69, 9.17) is 0 Å². The van der Waals surface area contributed by atoms with Crippen molar-refractivity contribution in [1.29, 1.82) is 0 Å². The fraction of sp³-hybridized carbons (Fsp3) is 0.438. The van der Waals surface area contributed by atoms with Crippen LogP contribution in [0.4, 0.5) is 0 Å². The lowest BCUT2D eigenvalue weighted by atomic mass is 9.96.